The SMILES string of the molecule is COC(=O)C1(NN)CCN(C(=O)OCc2ccccc2)CC1.Cl.Cl. The zero-order chi connectivity index (χ0) is 16.0. The van der Waals surface area contributed by atoms with Gasteiger partial charge in [0.1, 0.15) is 12.1 Å². The smallest absolute Gasteiger partial charge is 0.410 e. The molecule has 1 heterocycles. The van der Waals surface area contributed by atoms with E-state index in [2.05, 4.69) is 5.43 Å². The Kier molecular flexibility index (Phi) is 9.69. The van der Waals surface area contributed by atoms with E-state index in [1.807, 2.05) is 30.3 Å². The molecule has 1 aromatic carbocycles. The number of methoxy groups -OCH3 is 1. The number of carbonyl (C=O) groups is 2. The van der Waals surface area contributed by atoms with Crippen molar-refractivity contribution in [2.75, 3.05) is 20.2 Å². The van der Waals surface area contributed by atoms with Crippen LogP contribution in [0, 0.1) is 0 Å². The zero-order valence-electron chi connectivity index (χ0n) is 13.4. The molecule has 1 amide bonds. The highest BCUT2D eigenvalue weighted by Gasteiger charge is 2.42. The maximum Gasteiger partial charge on any atom is 0.410 e. The van der Waals surface area contributed by atoms with Gasteiger partial charge in [0, 0.05) is 13.1 Å². The average Bonchev–Trinajstić information content (AvgIpc) is 2.59. The Labute approximate surface area is 153 Å². The van der Waals surface area contributed by atoms with Gasteiger partial charge in [0.25, 0.3) is 0 Å². The van der Waals surface area contributed by atoms with Crippen molar-refractivity contribution >= 4 is 36.9 Å². The molecule has 0 atom stereocenters. The molecule has 1 saturated heterocycles. The van der Waals surface area contributed by atoms with Gasteiger partial charge in [0.2, 0.25) is 0 Å². The second-order valence-corrected chi connectivity index (χ2v) is 5.25. The molecule has 0 aliphatic carbocycles. The van der Waals surface area contributed by atoms with Crippen molar-refractivity contribution in [1.29, 1.82) is 0 Å². The van der Waals surface area contributed by atoms with Crippen LogP contribution in [0.4, 0.5) is 4.79 Å². The van der Waals surface area contributed by atoms with Crippen molar-refractivity contribution < 1.29 is 19.1 Å². The highest BCUT2D eigenvalue weighted by Crippen LogP contribution is 2.23. The fourth-order valence-electron chi connectivity index (χ4n) is 2.48. The minimum Gasteiger partial charge on any atom is -0.468 e. The van der Waals surface area contributed by atoms with Crippen LogP contribution in [0.1, 0.15) is 18.4 Å². The normalized spacial score (nSPS) is 15.5. The molecule has 1 aliphatic heterocycles. The van der Waals surface area contributed by atoms with Gasteiger partial charge in [-0.25, -0.2) is 10.2 Å². The molecule has 0 saturated carbocycles. The number of esters is 1. The van der Waals surface area contributed by atoms with E-state index in [0.717, 1.165) is 5.56 Å². The first-order valence-corrected chi connectivity index (χ1v) is 7.13. The summed E-state index contributed by atoms with van der Waals surface area (Å²) in [7, 11) is 1.32. The number of hydrazine groups is 1. The lowest BCUT2D eigenvalue weighted by atomic mass is 9.88. The first-order valence-electron chi connectivity index (χ1n) is 7.13. The summed E-state index contributed by atoms with van der Waals surface area (Å²) >= 11 is 0. The van der Waals surface area contributed by atoms with Crippen LogP contribution in [0.15, 0.2) is 30.3 Å². The second kappa shape index (κ2) is 10.4. The summed E-state index contributed by atoms with van der Waals surface area (Å²) in [6, 6.07) is 9.47. The van der Waals surface area contributed by atoms with E-state index in [-0.39, 0.29) is 37.5 Å². The summed E-state index contributed by atoms with van der Waals surface area (Å²) in [4.78, 5) is 25.4. The van der Waals surface area contributed by atoms with E-state index in [9.17, 15) is 9.59 Å². The fraction of sp³-hybridized carbons (Fsp3) is 0.467. The summed E-state index contributed by atoms with van der Waals surface area (Å²) in [5.74, 6) is 5.08. The van der Waals surface area contributed by atoms with Crippen molar-refractivity contribution in [2.45, 2.75) is 25.0 Å². The number of hydrogen-bond acceptors (Lipinski definition) is 6. The zero-order valence-corrected chi connectivity index (χ0v) is 15.0. The Morgan fingerprint density at radius 3 is 2.29 bits per heavy atom. The summed E-state index contributed by atoms with van der Waals surface area (Å²) in [6.07, 6.45) is 0.382. The topological polar surface area (TPSA) is 93.9 Å². The highest BCUT2D eigenvalue weighted by atomic mass is 35.5. The second-order valence-electron chi connectivity index (χ2n) is 5.25. The van der Waals surface area contributed by atoms with Gasteiger partial charge in [-0.15, -0.1) is 24.8 Å². The monoisotopic (exact) mass is 379 g/mol. The highest BCUT2D eigenvalue weighted by molar-refractivity contribution is 5.85. The lowest BCUT2D eigenvalue weighted by Crippen LogP contribution is -2.61. The molecule has 0 bridgehead atoms. The van der Waals surface area contributed by atoms with Crippen molar-refractivity contribution in [1.82, 2.24) is 10.3 Å². The van der Waals surface area contributed by atoms with Crippen molar-refractivity contribution in [3.63, 3.8) is 0 Å². The summed E-state index contributed by atoms with van der Waals surface area (Å²) in [6.45, 7) is 0.993. The molecule has 0 unspecified atom stereocenters. The molecule has 1 fully saturated rings. The number of nitrogens with zero attached hydrogens (tertiary/aromatic N) is 1. The van der Waals surface area contributed by atoms with Crippen LogP contribution in [-0.2, 0) is 20.9 Å². The molecular formula is C15H23Cl2N3O4. The Morgan fingerprint density at radius 2 is 1.79 bits per heavy atom. The van der Waals surface area contributed by atoms with E-state index in [4.69, 9.17) is 15.3 Å². The molecular weight excluding hydrogens is 357 g/mol. The van der Waals surface area contributed by atoms with Gasteiger partial charge in [0.15, 0.2) is 0 Å². The third kappa shape index (κ3) is 5.24. The summed E-state index contributed by atoms with van der Waals surface area (Å²) in [5, 5.41) is 0. The number of nitrogens with two attached hydrogens (primary N) is 1. The van der Waals surface area contributed by atoms with Crippen molar-refractivity contribution in [3.05, 3.63) is 35.9 Å². The lowest BCUT2D eigenvalue weighted by Gasteiger charge is -2.38. The molecule has 1 aliphatic rings. The number of likely N-dealkylation sites (tertiary alicyclic amines) is 1. The predicted octanol–water partition coefficient (Wildman–Crippen LogP) is 1.64. The van der Waals surface area contributed by atoms with Crippen LogP contribution in [0.5, 0.6) is 0 Å². The van der Waals surface area contributed by atoms with Gasteiger partial charge in [0.05, 0.1) is 7.11 Å². The minimum atomic E-state index is -0.926. The fourth-order valence-corrected chi connectivity index (χ4v) is 2.48. The minimum absolute atomic E-state index is 0. The first kappa shape index (κ1) is 22.5. The summed E-state index contributed by atoms with van der Waals surface area (Å²) < 4.78 is 10.0. The quantitative estimate of drug-likeness (QED) is 0.469. The molecule has 0 radical (unpaired) electrons. The maximum atomic E-state index is 12.0. The van der Waals surface area contributed by atoms with Gasteiger partial charge in [-0.1, -0.05) is 30.3 Å². The van der Waals surface area contributed by atoms with Crippen LogP contribution in [0.2, 0.25) is 0 Å². The van der Waals surface area contributed by atoms with E-state index in [0.29, 0.717) is 25.9 Å². The van der Waals surface area contributed by atoms with Gasteiger partial charge in [-0.3, -0.25) is 10.6 Å². The van der Waals surface area contributed by atoms with E-state index in [1.54, 1.807) is 4.90 Å². The number of piperidine rings is 1. The predicted molar refractivity (Wildman–Crippen MR) is 94.0 cm³/mol. The van der Waals surface area contributed by atoms with E-state index >= 15 is 0 Å². The number of halogens is 2. The van der Waals surface area contributed by atoms with Crippen LogP contribution in [0.3, 0.4) is 0 Å². The number of ether oxygens (including phenoxy) is 2. The Morgan fingerprint density at radius 1 is 1.21 bits per heavy atom. The third-order valence-electron chi connectivity index (χ3n) is 3.93. The Bertz CT molecular complexity index is 523. The number of hydrogen-bond donors (Lipinski definition) is 2. The molecule has 9 heteroatoms. The molecule has 0 aromatic heterocycles. The molecule has 7 nitrogen and oxygen atoms in total. The first-order chi connectivity index (χ1) is 10.6. The summed E-state index contributed by atoms with van der Waals surface area (Å²) in [5.41, 5.74) is 2.54. The molecule has 3 N–H and O–H groups in total. The van der Waals surface area contributed by atoms with Gasteiger partial charge in [-0.05, 0) is 18.4 Å². The van der Waals surface area contributed by atoms with E-state index < -0.39 is 11.5 Å². The molecule has 2 rings (SSSR count). The van der Waals surface area contributed by atoms with E-state index in [1.165, 1.54) is 7.11 Å². The lowest BCUT2D eigenvalue weighted by molar-refractivity contribution is -0.150. The van der Waals surface area contributed by atoms with Crippen molar-refractivity contribution in [2.24, 2.45) is 5.84 Å². The molecule has 0 spiro atoms. The Hall–Kier alpha value is -1.54. The number of nitrogens with one attached hydrogen (secondary N) is 1. The number of amides is 1. The van der Waals surface area contributed by atoms with Gasteiger partial charge < -0.3 is 14.4 Å². The van der Waals surface area contributed by atoms with Crippen molar-refractivity contribution in [3.8, 4) is 0 Å². The van der Waals surface area contributed by atoms with Gasteiger partial charge >= 0.3 is 12.1 Å². The standard InChI is InChI=1S/C15H21N3O4.2ClH/c1-21-13(19)15(17-16)7-9-18(10-8-15)14(20)22-11-12-5-3-2-4-6-12;;/h2-6,17H,7-11,16H2,1H3;2*1H. The third-order valence-corrected chi connectivity index (χ3v) is 3.93. The maximum absolute atomic E-state index is 12.0. The molecule has 136 valence electrons. The number of benzene rings is 1. The van der Waals surface area contributed by atoms with Crippen LogP contribution >= 0.6 is 24.8 Å². The van der Waals surface area contributed by atoms with Crippen LogP contribution < -0.4 is 11.3 Å². The molecule has 1 aromatic rings. The van der Waals surface area contributed by atoms with Crippen LogP contribution in [-0.4, -0.2) is 42.7 Å². The molecule has 24 heavy (non-hydrogen) atoms. The number of carbonyl (C=O) groups excluding carboxylic acids is 2. The number of rotatable bonds is 4. The van der Waals surface area contributed by atoms with Gasteiger partial charge in [-0.2, -0.15) is 0 Å². The van der Waals surface area contributed by atoms with Crippen LogP contribution in [0.25, 0.3) is 0 Å². The average molecular weight is 380 g/mol. The Balaban J connectivity index is 0.00000264. The largest absolute Gasteiger partial charge is 0.468 e.